The van der Waals surface area contributed by atoms with E-state index in [1.54, 1.807) is 24.5 Å². The molecule has 0 N–H and O–H groups in total. The third-order valence-corrected chi connectivity index (χ3v) is 2.15. The summed E-state index contributed by atoms with van der Waals surface area (Å²) in [6.45, 7) is 0. The average molecular weight is 181 g/mol. The minimum Gasteiger partial charge on any atom is -0.464 e. The fourth-order valence-corrected chi connectivity index (χ4v) is 1.38. The minimum atomic E-state index is 0.455. The van der Waals surface area contributed by atoms with Crippen LogP contribution in [-0.4, -0.2) is 6.29 Å². The van der Waals surface area contributed by atoms with Crippen molar-refractivity contribution in [2.24, 2.45) is 0 Å². The summed E-state index contributed by atoms with van der Waals surface area (Å²) in [4.78, 5) is 10.5. The highest BCUT2D eigenvalue weighted by atomic mass is 35.5. The lowest BCUT2D eigenvalue weighted by Crippen LogP contribution is -1.80. The molecule has 60 valence electrons. The Labute approximate surface area is 73.7 Å². The van der Waals surface area contributed by atoms with Crippen LogP contribution in [0.5, 0.6) is 0 Å². The summed E-state index contributed by atoms with van der Waals surface area (Å²) < 4.78 is 5.10. The second kappa shape index (κ2) is 2.64. The fourth-order valence-electron chi connectivity index (χ4n) is 1.12. The summed E-state index contributed by atoms with van der Waals surface area (Å²) >= 11 is 5.89. The molecule has 1 heterocycles. The Hall–Kier alpha value is -1.28. The maximum atomic E-state index is 10.5. The van der Waals surface area contributed by atoms with Gasteiger partial charge in [0.2, 0.25) is 0 Å². The summed E-state index contributed by atoms with van der Waals surface area (Å²) in [5, 5.41) is 1.23. The Morgan fingerprint density at radius 3 is 2.92 bits per heavy atom. The van der Waals surface area contributed by atoms with Crippen molar-refractivity contribution in [3.05, 3.63) is 35.0 Å². The molecule has 12 heavy (non-hydrogen) atoms. The monoisotopic (exact) mass is 180 g/mol. The zero-order valence-corrected chi connectivity index (χ0v) is 6.84. The number of hydrogen-bond donors (Lipinski definition) is 0. The molecule has 0 spiro atoms. The number of fused-ring (bicyclic) bond motifs is 1. The van der Waals surface area contributed by atoms with E-state index in [1.807, 2.05) is 0 Å². The first kappa shape index (κ1) is 7.37. The summed E-state index contributed by atoms with van der Waals surface area (Å²) in [6, 6.07) is 5.11. The third-order valence-electron chi connectivity index (χ3n) is 1.73. The van der Waals surface area contributed by atoms with E-state index in [9.17, 15) is 4.79 Å². The van der Waals surface area contributed by atoms with Crippen LogP contribution in [0, 0.1) is 0 Å². The second-order valence-electron chi connectivity index (χ2n) is 2.42. The van der Waals surface area contributed by atoms with Crippen LogP contribution in [-0.2, 0) is 0 Å². The predicted molar refractivity (Wildman–Crippen MR) is 46.6 cm³/mol. The lowest BCUT2D eigenvalue weighted by atomic mass is 10.2. The highest BCUT2D eigenvalue weighted by Crippen LogP contribution is 2.26. The van der Waals surface area contributed by atoms with Gasteiger partial charge in [-0.3, -0.25) is 4.79 Å². The molecule has 0 fully saturated rings. The van der Waals surface area contributed by atoms with E-state index in [2.05, 4.69) is 0 Å². The zero-order chi connectivity index (χ0) is 8.55. The van der Waals surface area contributed by atoms with E-state index in [-0.39, 0.29) is 0 Å². The number of rotatable bonds is 1. The number of aldehydes is 1. The van der Waals surface area contributed by atoms with E-state index in [0.717, 1.165) is 11.7 Å². The molecule has 3 heteroatoms. The first-order valence-corrected chi connectivity index (χ1v) is 3.81. The van der Waals surface area contributed by atoms with E-state index >= 15 is 0 Å². The largest absolute Gasteiger partial charge is 0.464 e. The van der Waals surface area contributed by atoms with Crippen LogP contribution in [0.15, 0.2) is 28.9 Å². The van der Waals surface area contributed by atoms with Gasteiger partial charge in [-0.1, -0.05) is 11.6 Å². The lowest BCUT2D eigenvalue weighted by molar-refractivity contribution is 0.112. The maximum absolute atomic E-state index is 10.5. The average Bonchev–Trinajstić information content (AvgIpc) is 2.53. The van der Waals surface area contributed by atoms with Crippen LogP contribution in [0.2, 0.25) is 5.02 Å². The zero-order valence-electron chi connectivity index (χ0n) is 6.08. The molecule has 0 unspecified atom stereocenters. The SMILES string of the molecule is O=Cc1ccc2occc2c1Cl. The van der Waals surface area contributed by atoms with Crippen molar-refractivity contribution in [2.45, 2.75) is 0 Å². The van der Waals surface area contributed by atoms with E-state index in [4.69, 9.17) is 16.0 Å². The van der Waals surface area contributed by atoms with Crippen LogP contribution >= 0.6 is 11.6 Å². The van der Waals surface area contributed by atoms with Gasteiger partial charge in [0.15, 0.2) is 6.29 Å². The van der Waals surface area contributed by atoms with Gasteiger partial charge >= 0.3 is 0 Å². The number of carbonyl (C=O) groups is 1. The molecule has 0 saturated carbocycles. The second-order valence-corrected chi connectivity index (χ2v) is 2.80. The molecule has 0 amide bonds. The van der Waals surface area contributed by atoms with Crippen molar-refractivity contribution in [1.82, 2.24) is 0 Å². The Bertz CT molecular complexity index is 431. The Balaban J connectivity index is 2.86. The predicted octanol–water partition coefficient (Wildman–Crippen LogP) is 2.90. The van der Waals surface area contributed by atoms with Gasteiger partial charge in [-0.2, -0.15) is 0 Å². The molecule has 2 rings (SSSR count). The van der Waals surface area contributed by atoms with Gasteiger partial charge in [-0.15, -0.1) is 0 Å². The van der Waals surface area contributed by atoms with Gasteiger partial charge in [0.1, 0.15) is 5.58 Å². The Kier molecular flexibility index (Phi) is 1.62. The van der Waals surface area contributed by atoms with Crippen molar-refractivity contribution in [3.8, 4) is 0 Å². The number of halogens is 1. The van der Waals surface area contributed by atoms with Crippen LogP contribution in [0.1, 0.15) is 10.4 Å². The van der Waals surface area contributed by atoms with Crippen LogP contribution < -0.4 is 0 Å². The topological polar surface area (TPSA) is 30.2 Å². The number of carbonyl (C=O) groups excluding carboxylic acids is 1. The normalized spacial score (nSPS) is 10.4. The van der Waals surface area contributed by atoms with Gasteiger partial charge in [0.25, 0.3) is 0 Å². The molecular formula is C9H5ClO2. The van der Waals surface area contributed by atoms with Gasteiger partial charge in [0, 0.05) is 10.9 Å². The lowest BCUT2D eigenvalue weighted by Gasteiger charge is -1.95. The molecule has 0 bridgehead atoms. The van der Waals surface area contributed by atoms with E-state index in [0.29, 0.717) is 16.2 Å². The molecular weight excluding hydrogens is 176 g/mol. The molecule has 2 aromatic rings. The standard InChI is InChI=1S/C9H5ClO2/c10-9-6(5-11)1-2-8-7(9)3-4-12-8/h1-5H. The number of furan rings is 1. The van der Waals surface area contributed by atoms with Crippen LogP contribution in [0.25, 0.3) is 11.0 Å². The first-order valence-electron chi connectivity index (χ1n) is 3.44. The smallest absolute Gasteiger partial charge is 0.151 e. The van der Waals surface area contributed by atoms with Crippen LogP contribution in [0.4, 0.5) is 0 Å². The summed E-state index contributed by atoms with van der Waals surface area (Å²) in [7, 11) is 0. The first-order chi connectivity index (χ1) is 5.83. The molecule has 1 aromatic carbocycles. The molecule has 0 saturated heterocycles. The van der Waals surface area contributed by atoms with Crippen molar-refractivity contribution < 1.29 is 9.21 Å². The van der Waals surface area contributed by atoms with Crippen molar-refractivity contribution >= 4 is 28.9 Å². The summed E-state index contributed by atoms with van der Waals surface area (Å²) in [5.74, 6) is 0. The molecule has 0 aliphatic heterocycles. The highest BCUT2D eigenvalue weighted by Gasteiger charge is 2.05. The van der Waals surface area contributed by atoms with Crippen molar-refractivity contribution in [3.63, 3.8) is 0 Å². The highest BCUT2D eigenvalue weighted by molar-refractivity contribution is 6.37. The molecule has 1 aromatic heterocycles. The fraction of sp³-hybridized carbons (Fsp3) is 0. The van der Waals surface area contributed by atoms with Gasteiger partial charge in [-0.25, -0.2) is 0 Å². The van der Waals surface area contributed by atoms with E-state index in [1.165, 1.54) is 0 Å². The maximum Gasteiger partial charge on any atom is 0.151 e. The quantitative estimate of drug-likeness (QED) is 0.632. The molecule has 2 nitrogen and oxygen atoms in total. The van der Waals surface area contributed by atoms with Gasteiger partial charge in [0.05, 0.1) is 11.3 Å². The minimum absolute atomic E-state index is 0.455. The summed E-state index contributed by atoms with van der Waals surface area (Å²) in [5.41, 5.74) is 1.19. The van der Waals surface area contributed by atoms with Gasteiger partial charge in [-0.05, 0) is 18.2 Å². The Morgan fingerprint density at radius 1 is 1.33 bits per heavy atom. The molecule has 0 radical (unpaired) electrons. The Morgan fingerprint density at radius 2 is 2.17 bits per heavy atom. The van der Waals surface area contributed by atoms with Gasteiger partial charge < -0.3 is 4.42 Å². The summed E-state index contributed by atoms with van der Waals surface area (Å²) in [6.07, 6.45) is 2.28. The molecule has 0 aliphatic carbocycles. The van der Waals surface area contributed by atoms with Crippen molar-refractivity contribution in [2.75, 3.05) is 0 Å². The third kappa shape index (κ3) is 0.924. The molecule has 0 aliphatic rings. The molecule has 0 atom stereocenters. The van der Waals surface area contributed by atoms with Crippen molar-refractivity contribution in [1.29, 1.82) is 0 Å². The number of hydrogen-bond acceptors (Lipinski definition) is 2. The number of benzene rings is 1. The van der Waals surface area contributed by atoms with Crippen LogP contribution in [0.3, 0.4) is 0 Å². The van der Waals surface area contributed by atoms with E-state index < -0.39 is 0 Å².